The maximum Gasteiger partial charge on any atom is 0.338 e. The third-order valence-electron chi connectivity index (χ3n) is 2.49. The number of aromatic amines is 1. The molecular formula is C12H12N4O2S. The fraction of sp³-hybridized carbons (Fsp3) is 0.167. The van der Waals surface area contributed by atoms with Crippen molar-refractivity contribution in [3.8, 4) is 0 Å². The lowest BCUT2D eigenvalue weighted by atomic mass is 10.1. The van der Waals surface area contributed by atoms with E-state index in [2.05, 4.69) is 15.3 Å². The average Bonchev–Trinajstić information content (AvgIpc) is 2.75. The summed E-state index contributed by atoms with van der Waals surface area (Å²) in [4.78, 5) is 11.6. The van der Waals surface area contributed by atoms with Gasteiger partial charge in [0.15, 0.2) is 0 Å². The van der Waals surface area contributed by atoms with Gasteiger partial charge in [0.05, 0.1) is 18.9 Å². The van der Waals surface area contributed by atoms with Gasteiger partial charge in [0.1, 0.15) is 5.82 Å². The SMILES string of the molecule is COC(=O)c1ccccc1/C=N/n1c(C)n[nH]c1=S. The number of carbonyl (C=O) groups is 1. The molecule has 1 aromatic carbocycles. The zero-order chi connectivity index (χ0) is 13.8. The van der Waals surface area contributed by atoms with Gasteiger partial charge in [-0.1, -0.05) is 18.2 Å². The highest BCUT2D eigenvalue weighted by molar-refractivity contribution is 7.71. The number of hydrogen-bond donors (Lipinski definition) is 1. The summed E-state index contributed by atoms with van der Waals surface area (Å²) in [5.74, 6) is 0.228. The van der Waals surface area contributed by atoms with Crippen LogP contribution in [0.4, 0.5) is 0 Å². The summed E-state index contributed by atoms with van der Waals surface area (Å²) in [7, 11) is 1.34. The lowest BCUT2D eigenvalue weighted by Gasteiger charge is -2.02. The number of hydrogen-bond acceptors (Lipinski definition) is 5. The van der Waals surface area contributed by atoms with Crippen LogP contribution < -0.4 is 0 Å². The largest absolute Gasteiger partial charge is 0.465 e. The predicted molar refractivity (Wildman–Crippen MR) is 72.9 cm³/mol. The van der Waals surface area contributed by atoms with Gasteiger partial charge in [-0.05, 0) is 25.2 Å². The Labute approximate surface area is 114 Å². The molecule has 19 heavy (non-hydrogen) atoms. The predicted octanol–water partition coefficient (Wildman–Crippen LogP) is 1.92. The van der Waals surface area contributed by atoms with Crippen LogP contribution in [0.15, 0.2) is 29.4 Å². The van der Waals surface area contributed by atoms with Crippen LogP contribution in [0.3, 0.4) is 0 Å². The minimum atomic E-state index is -0.408. The van der Waals surface area contributed by atoms with E-state index in [-0.39, 0.29) is 0 Å². The highest BCUT2D eigenvalue weighted by atomic mass is 32.1. The third-order valence-corrected chi connectivity index (χ3v) is 2.75. The molecule has 1 heterocycles. The number of aromatic nitrogens is 3. The van der Waals surface area contributed by atoms with Gasteiger partial charge < -0.3 is 4.74 Å². The number of H-pyrrole nitrogens is 1. The van der Waals surface area contributed by atoms with Crippen molar-refractivity contribution in [3.63, 3.8) is 0 Å². The van der Waals surface area contributed by atoms with Crippen molar-refractivity contribution in [2.24, 2.45) is 5.10 Å². The normalized spacial score (nSPS) is 10.8. The molecule has 6 nitrogen and oxygen atoms in total. The first kappa shape index (κ1) is 13.2. The van der Waals surface area contributed by atoms with E-state index < -0.39 is 5.97 Å². The molecule has 1 N–H and O–H groups in total. The molecular weight excluding hydrogens is 264 g/mol. The van der Waals surface area contributed by atoms with Gasteiger partial charge in [-0.3, -0.25) is 5.10 Å². The zero-order valence-electron chi connectivity index (χ0n) is 10.5. The van der Waals surface area contributed by atoms with E-state index in [0.717, 1.165) is 0 Å². The summed E-state index contributed by atoms with van der Waals surface area (Å²) < 4.78 is 6.58. The number of rotatable bonds is 3. The van der Waals surface area contributed by atoms with E-state index in [9.17, 15) is 4.79 Å². The van der Waals surface area contributed by atoms with Gasteiger partial charge in [0.2, 0.25) is 4.77 Å². The summed E-state index contributed by atoms with van der Waals surface area (Å²) in [5, 5.41) is 10.8. The molecule has 0 amide bonds. The van der Waals surface area contributed by atoms with Crippen LogP contribution in [-0.4, -0.2) is 34.2 Å². The summed E-state index contributed by atoms with van der Waals surface area (Å²) in [6, 6.07) is 7.02. The Hall–Kier alpha value is -2.28. The smallest absolute Gasteiger partial charge is 0.338 e. The van der Waals surface area contributed by atoms with Crippen LogP contribution in [0.25, 0.3) is 0 Å². The Morgan fingerprint density at radius 2 is 2.26 bits per heavy atom. The van der Waals surface area contributed by atoms with E-state index in [1.807, 2.05) is 6.07 Å². The van der Waals surface area contributed by atoms with Gasteiger partial charge in [0.25, 0.3) is 0 Å². The molecule has 0 aliphatic rings. The molecule has 98 valence electrons. The molecule has 0 atom stereocenters. The molecule has 0 saturated heterocycles. The lowest BCUT2D eigenvalue weighted by molar-refractivity contribution is 0.0600. The minimum Gasteiger partial charge on any atom is -0.465 e. The number of benzene rings is 1. The van der Waals surface area contributed by atoms with Crippen molar-refractivity contribution in [1.29, 1.82) is 0 Å². The Balaban J connectivity index is 2.39. The molecule has 0 bridgehead atoms. The van der Waals surface area contributed by atoms with Crippen molar-refractivity contribution in [1.82, 2.24) is 14.9 Å². The van der Waals surface area contributed by atoms with Crippen molar-refractivity contribution in [3.05, 3.63) is 46.0 Å². The molecule has 0 saturated carbocycles. The Bertz CT molecular complexity index is 687. The van der Waals surface area contributed by atoms with E-state index in [0.29, 0.717) is 21.7 Å². The van der Waals surface area contributed by atoms with E-state index in [1.165, 1.54) is 11.8 Å². The molecule has 0 aliphatic heterocycles. The molecule has 7 heteroatoms. The standard InChI is InChI=1S/C12H12N4O2S/c1-8-14-15-12(19)16(8)13-7-9-5-3-4-6-10(9)11(17)18-2/h3-7H,1-2H3,(H,15,19)/b13-7+. The van der Waals surface area contributed by atoms with Gasteiger partial charge in [-0.15, -0.1) is 0 Å². The Morgan fingerprint density at radius 1 is 1.53 bits per heavy atom. The number of carbonyl (C=O) groups excluding carboxylic acids is 1. The van der Waals surface area contributed by atoms with E-state index in [4.69, 9.17) is 17.0 Å². The van der Waals surface area contributed by atoms with Gasteiger partial charge in [-0.2, -0.15) is 14.9 Å². The van der Waals surface area contributed by atoms with Crippen LogP contribution in [0, 0.1) is 11.7 Å². The third kappa shape index (κ3) is 2.76. The highest BCUT2D eigenvalue weighted by Gasteiger charge is 2.09. The van der Waals surface area contributed by atoms with Crippen LogP contribution >= 0.6 is 12.2 Å². The molecule has 0 fully saturated rings. The first-order valence-corrected chi connectivity index (χ1v) is 5.90. The van der Waals surface area contributed by atoms with Crippen LogP contribution in [0.1, 0.15) is 21.7 Å². The molecule has 0 unspecified atom stereocenters. The van der Waals surface area contributed by atoms with Gasteiger partial charge in [0, 0.05) is 5.56 Å². The van der Waals surface area contributed by atoms with Crippen LogP contribution in [0.5, 0.6) is 0 Å². The average molecular weight is 276 g/mol. The summed E-state index contributed by atoms with van der Waals surface area (Å²) in [6.07, 6.45) is 1.55. The number of methoxy groups -OCH3 is 1. The number of nitrogens with zero attached hydrogens (tertiary/aromatic N) is 3. The second kappa shape index (κ2) is 5.57. The van der Waals surface area contributed by atoms with Gasteiger partial charge >= 0.3 is 5.97 Å². The molecule has 0 aliphatic carbocycles. The number of esters is 1. The van der Waals surface area contributed by atoms with Crippen molar-refractivity contribution < 1.29 is 9.53 Å². The summed E-state index contributed by atoms with van der Waals surface area (Å²) in [5.41, 5.74) is 1.10. The zero-order valence-corrected chi connectivity index (χ0v) is 11.3. The molecule has 0 spiro atoms. The first-order chi connectivity index (χ1) is 9.13. The van der Waals surface area contributed by atoms with Crippen molar-refractivity contribution in [2.45, 2.75) is 6.92 Å². The van der Waals surface area contributed by atoms with Crippen molar-refractivity contribution in [2.75, 3.05) is 7.11 Å². The van der Waals surface area contributed by atoms with Crippen molar-refractivity contribution >= 4 is 24.4 Å². The number of aryl methyl sites for hydroxylation is 1. The summed E-state index contributed by atoms with van der Waals surface area (Å²) in [6.45, 7) is 1.77. The maximum absolute atomic E-state index is 11.6. The number of ether oxygens (including phenoxy) is 1. The maximum atomic E-state index is 11.6. The van der Waals surface area contributed by atoms with Crippen LogP contribution in [0.2, 0.25) is 0 Å². The highest BCUT2D eigenvalue weighted by Crippen LogP contribution is 2.08. The molecule has 2 rings (SSSR count). The minimum absolute atomic E-state index is 0.393. The molecule has 1 aromatic heterocycles. The quantitative estimate of drug-likeness (QED) is 0.528. The fourth-order valence-electron chi connectivity index (χ4n) is 1.53. The van der Waals surface area contributed by atoms with E-state index in [1.54, 1.807) is 31.3 Å². The second-order valence-electron chi connectivity index (χ2n) is 3.71. The Kier molecular flexibility index (Phi) is 3.86. The number of nitrogens with one attached hydrogen (secondary N) is 1. The topological polar surface area (TPSA) is 72.3 Å². The Morgan fingerprint density at radius 3 is 2.89 bits per heavy atom. The molecule has 2 aromatic rings. The molecule has 0 radical (unpaired) electrons. The van der Waals surface area contributed by atoms with Crippen LogP contribution in [-0.2, 0) is 4.74 Å². The second-order valence-corrected chi connectivity index (χ2v) is 4.10. The lowest BCUT2D eigenvalue weighted by Crippen LogP contribution is -2.05. The summed E-state index contributed by atoms with van der Waals surface area (Å²) >= 11 is 5.04. The van der Waals surface area contributed by atoms with E-state index >= 15 is 0 Å². The first-order valence-electron chi connectivity index (χ1n) is 5.49. The van der Waals surface area contributed by atoms with Gasteiger partial charge in [-0.25, -0.2) is 4.79 Å². The monoisotopic (exact) mass is 276 g/mol. The fourth-order valence-corrected chi connectivity index (χ4v) is 1.76.